The molecule has 0 aromatic heterocycles. The largest absolute Gasteiger partial charge is 0.371 e. The molecule has 1 heterocycles. The maximum atomic E-state index is 12.1. The molecule has 0 saturated heterocycles. The Bertz CT molecular complexity index is 641. The molecule has 2 amide bonds. The molecule has 1 aliphatic heterocycles. The number of hydrogen-bond donors (Lipinski definition) is 2. The molecule has 0 aromatic rings. The number of carbonyl (C=O) groups is 1. The van der Waals surface area contributed by atoms with Crippen molar-refractivity contribution in [1.82, 2.24) is 20.4 Å². The summed E-state index contributed by atoms with van der Waals surface area (Å²) in [6, 6.07) is 0.00321. The van der Waals surface area contributed by atoms with Crippen molar-refractivity contribution in [3.05, 3.63) is 36.2 Å². The van der Waals surface area contributed by atoms with Crippen molar-refractivity contribution >= 4 is 12.7 Å². The molecule has 2 N–H and O–H groups in total. The van der Waals surface area contributed by atoms with Crippen molar-refractivity contribution in [2.75, 3.05) is 39.8 Å². The lowest BCUT2D eigenvalue weighted by Crippen LogP contribution is -2.43. The summed E-state index contributed by atoms with van der Waals surface area (Å²) in [5.74, 6) is 6.46. The maximum absolute atomic E-state index is 12.1. The summed E-state index contributed by atoms with van der Waals surface area (Å²) in [6.45, 7) is 11.4. The van der Waals surface area contributed by atoms with Crippen molar-refractivity contribution in [2.24, 2.45) is 4.99 Å². The summed E-state index contributed by atoms with van der Waals surface area (Å²) in [5, 5.41) is 6.09. The van der Waals surface area contributed by atoms with E-state index in [-0.39, 0.29) is 12.1 Å². The molecule has 6 nitrogen and oxygen atoms in total. The molecule has 0 aromatic carbocycles. The fourth-order valence-electron chi connectivity index (χ4n) is 2.64. The predicted molar refractivity (Wildman–Crippen MR) is 123 cm³/mol. The highest BCUT2D eigenvalue weighted by molar-refractivity contribution is 5.75. The van der Waals surface area contributed by atoms with E-state index >= 15 is 0 Å². The first-order valence-electron chi connectivity index (χ1n) is 10.6. The minimum absolute atomic E-state index is 0.0157. The Kier molecular flexibility index (Phi) is 13.0. The van der Waals surface area contributed by atoms with Gasteiger partial charge < -0.3 is 15.5 Å². The first kappa shape index (κ1) is 24.5. The van der Waals surface area contributed by atoms with Crippen LogP contribution in [-0.4, -0.2) is 68.4 Å². The lowest BCUT2D eigenvalue weighted by atomic mass is 10.1. The topological polar surface area (TPSA) is 60.0 Å². The van der Waals surface area contributed by atoms with Crippen LogP contribution in [0.2, 0.25) is 0 Å². The van der Waals surface area contributed by atoms with E-state index in [1.807, 2.05) is 19.4 Å². The number of hydrogen-bond acceptors (Lipinski definition) is 4. The number of rotatable bonds is 11. The smallest absolute Gasteiger partial charge is 0.321 e. The molecule has 0 fully saturated rings. The Morgan fingerprint density at radius 3 is 2.76 bits per heavy atom. The molecule has 0 spiro atoms. The average molecular weight is 400 g/mol. The highest BCUT2D eigenvalue weighted by atomic mass is 16.2. The molecule has 1 aliphatic rings. The van der Waals surface area contributed by atoms with Crippen LogP contribution in [0.15, 0.2) is 41.2 Å². The second-order valence-corrected chi connectivity index (χ2v) is 6.94. The van der Waals surface area contributed by atoms with Crippen molar-refractivity contribution in [3.63, 3.8) is 0 Å². The van der Waals surface area contributed by atoms with Crippen LogP contribution in [0.25, 0.3) is 0 Å². The summed E-state index contributed by atoms with van der Waals surface area (Å²) in [6.07, 6.45) is 14.4. The van der Waals surface area contributed by atoms with E-state index in [1.165, 1.54) is 0 Å². The van der Waals surface area contributed by atoms with E-state index in [2.05, 4.69) is 71.2 Å². The Morgan fingerprint density at radius 1 is 1.31 bits per heavy atom. The van der Waals surface area contributed by atoms with Crippen LogP contribution in [0.3, 0.4) is 0 Å². The zero-order valence-electron chi connectivity index (χ0n) is 18.3. The van der Waals surface area contributed by atoms with E-state index in [4.69, 9.17) is 0 Å². The summed E-state index contributed by atoms with van der Waals surface area (Å²) in [5.41, 5.74) is 1.02. The number of nitrogens with zero attached hydrogens (tertiary/aromatic N) is 3. The van der Waals surface area contributed by atoms with Crippen LogP contribution >= 0.6 is 0 Å². The van der Waals surface area contributed by atoms with Gasteiger partial charge in [-0.2, -0.15) is 0 Å². The molecule has 1 unspecified atom stereocenters. The third-order valence-electron chi connectivity index (χ3n) is 4.49. The van der Waals surface area contributed by atoms with E-state index in [0.29, 0.717) is 13.1 Å². The quantitative estimate of drug-likeness (QED) is 0.243. The van der Waals surface area contributed by atoms with Gasteiger partial charge in [-0.05, 0) is 32.7 Å². The van der Waals surface area contributed by atoms with Gasteiger partial charge in [-0.1, -0.05) is 50.7 Å². The fourth-order valence-corrected chi connectivity index (χ4v) is 2.64. The second kappa shape index (κ2) is 15.4. The normalized spacial score (nSPS) is 15.2. The van der Waals surface area contributed by atoms with E-state index in [0.717, 1.165) is 50.9 Å². The lowest BCUT2D eigenvalue weighted by Gasteiger charge is -2.29. The highest BCUT2D eigenvalue weighted by Crippen LogP contribution is 2.05. The number of nitrogens with one attached hydrogen (secondary N) is 2. The molecule has 0 bridgehead atoms. The van der Waals surface area contributed by atoms with Crippen LogP contribution in [0.5, 0.6) is 0 Å². The van der Waals surface area contributed by atoms with Gasteiger partial charge in [0.25, 0.3) is 0 Å². The number of urea groups is 1. The maximum Gasteiger partial charge on any atom is 0.321 e. The zero-order valence-corrected chi connectivity index (χ0v) is 18.3. The minimum Gasteiger partial charge on any atom is -0.371 e. The number of unbranched alkanes of at least 4 members (excludes halogenated alkanes) is 2. The van der Waals surface area contributed by atoms with Gasteiger partial charge in [0.05, 0.1) is 12.6 Å². The number of allylic oxidation sites excluding steroid dienone is 3. The van der Waals surface area contributed by atoms with Crippen LogP contribution < -0.4 is 10.6 Å². The second-order valence-electron chi connectivity index (χ2n) is 6.94. The van der Waals surface area contributed by atoms with Gasteiger partial charge >= 0.3 is 6.03 Å². The Morgan fingerprint density at radius 2 is 2.14 bits per heavy atom. The summed E-state index contributed by atoms with van der Waals surface area (Å²) >= 11 is 0. The first-order valence-corrected chi connectivity index (χ1v) is 10.6. The molecule has 160 valence electrons. The fraction of sp³-hybridized carbons (Fsp3) is 0.565. The number of likely N-dealkylation sites (N-methyl/N-ethyl adjacent to an activating group) is 1. The monoisotopic (exact) mass is 399 g/mol. The molecule has 29 heavy (non-hydrogen) atoms. The van der Waals surface area contributed by atoms with Gasteiger partial charge in [0, 0.05) is 44.2 Å². The highest BCUT2D eigenvalue weighted by Gasteiger charge is 2.14. The predicted octanol–water partition coefficient (Wildman–Crippen LogP) is 3.16. The molecule has 0 radical (unpaired) electrons. The number of carbonyl (C=O) groups excluding carboxylic acids is 1. The van der Waals surface area contributed by atoms with Crippen LogP contribution in [0.4, 0.5) is 4.79 Å². The standard InChI is InChI=1S/C23H37N5O/c1-5-7-10-21(12-13-22(25-4)20-24-3)11-9-15-27-16-18-28(19-17-27)23(29)26-14-8-6-2/h9-11,16,18,22,25H,3,5-8,14-15,17,19-20H2,1-2,4H3,(H,26,29). The van der Waals surface area contributed by atoms with Crippen molar-refractivity contribution < 1.29 is 4.79 Å². The van der Waals surface area contributed by atoms with E-state index in [1.54, 1.807) is 4.90 Å². The Balaban J connectivity index is 2.58. The lowest BCUT2D eigenvalue weighted by molar-refractivity contribution is 0.204. The molecular weight excluding hydrogens is 362 g/mol. The molecular formula is C23H37N5O. The molecule has 1 atom stereocenters. The van der Waals surface area contributed by atoms with Gasteiger partial charge in [0.2, 0.25) is 0 Å². The van der Waals surface area contributed by atoms with Gasteiger partial charge in [-0.3, -0.25) is 9.89 Å². The van der Waals surface area contributed by atoms with Crippen LogP contribution in [-0.2, 0) is 0 Å². The van der Waals surface area contributed by atoms with Crippen molar-refractivity contribution in [3.8, 4) is 11.8 Å². The van der Waals surface area contributed by atoms with E-state index in [9.17, 15) is 4.79 Å². The van der Waals surface area contributed by atoms with Crippen LogP contribution in [0.1, 0.15) is 39.5 Å². The van der Waals surface area contributed by atoms with E-state index < -0.39 is 0 Å². The first-order chi connectivity index (χ1) is 14.1. The summed E-state index contributed by atoms with van der Waals surface area (Å²) in [7, 11) is 1.88. The Labute approximate surface area is 176 Å². The molecule has 0 aliphatic carbocycles. The van der Waals surface area contributed by atoms with Crippen molar-refractivity contribution in [2.45, 2.75) is 45.6 Å². The van der Waals surface area contributed by atoms with Gasteiger partial charge in [-0.25, -0.2) is 4.79 Å². The third-order valence-corrected chi connectivity index (χ3v) is 4.49. The van der Waals surface area contributed by atoms with Gasteiger partial charge in [0.1, 0.15) is 0 Å². The molecule has 1 rings (SSSR count). The van der Waals surface area contributed by atoms with Gasteiger partial charge in [0.15, 0.2) is 0 Å². The SMILES string of the molecule is C=NCC(C#CC(C=CCN1C=CN(C(=O)NCCCC)CC1)=CCCC)NC. The molecule has 6 heteroatoms. The van der Waals surface area contributed by atoms with Crippen molar-refractivity contribution in [1.29, 1.82) is 0 Å². The van der Waals surface area contributed by atoms with Gasteiger partial charge in [-0.15, -0.1) is 0 Å². The molecule has 0 saturated carbocycles. The minimum atomic E-state index is -0.0157. The number of aliphatic imine (C=N–C) groups is 1. The zero-order chi connectivity index (χ0) is 21.3. The third kappa shape index (κ3) is 10.6. The Hall–Kier alpha value is -2.52. The average Bonchev–Trinajstić information content (AvgIpc) is 2.74. The number of amides is 2. The van der Waals surface area contributed by atoms with Crippen LogP contribution in [0, 0.1) is 11.8 Å². The summed E-state index contributed by atoms with van der Waals surface area (Å²) in [4.78, 5) is 19.9. The summed E-state index contributed by atoms with van der Waals surface area (Å²) < 4.78 is 0.